The van der Waals surface area contributed by atoms with Crippen molar-refractivity contribution < 1.29 is 14.3 Å². The van der Waals surface area contributed by atoms with E-state index in [-0.39, 0.29) is 29.7 Å². The Balaban J connectivity index is 1.49. The summed E-state index contributed by atoms with van der Waals surface area (Å²) < 4.78 is 6.15. The quantitative estimate of drug-likeness (QED) is 0.297. The molecule has 0 spiro atoms. The van der Waals surface area contributed by atoms with Crippen LogP contribution in [0.4, 0.5) is 0 Å². The summed E-state index contributed by atoms with van der Waals surface area (Å²) in [5, 5.41) is 15.6. The number of nitrogens with one attached hydrogen (secondary N) is 3. The van der Waals surface area contributed by atoms with Crippen LogP contribution in [0.3, 0.4) is 0 Å². The maximum Gasteiger partial charge on any atom is 0.251 e. The number of pyridine rings is 1. The van der Waals surface area contributed by atoms with Crippen LogP contribution in [0.1, 0.15) is 105 Å². The summed E-state index contributed by atoms with van der Waals surface area (Å²) in [6, 6.07) is 18.4. The first-order valence-corrected chi connectivity index (χ1v) is 14.8. The first-order chi connectivity index (χ1) is 20.1. The largest absolute Gasteiger partial charge is 0.487 e. The number of nitrogens with zero attached hydrogens (tertiary/aromatic N) is 2. The Labute approximate surface area is 248 Å². The van der Waals surface area contributed by atoms with Gasteiger partial charge in [0.1, 0.15) is 11.4 Å². The molecular weight excluding hydrogens is 526 g/mol. The van der Waals surface area contributed by atoms with Crippen LogP contribution in [0.15, 0.2) is 73.1 Å². The second-order valence-electron chi connectivity index (χ2n) is 12.2. The van der Waals surface area contributed by atoms with E-state index in [0.29, 0.717) is 18.4 Å². The van der Waals surface area contributed by atoms with Gasteiger partial charge in [0.05, 0.1) is 18.5 Å². The zero-order valence-electron chi connectivity index (χ0n) is 25.1. The molecule has 1 aromatic heterocycles. The van der Waals surface area contributed by atoms with Crippen LogP contribution in [0, 0.1) is 5.41 Å². The van der Waals surface area contributed by atoms with E-state index in [1.807, 2.05) is 89.2 Å². The molecule has 8 nitrogen and oxygen atoms in total. The molecule has 3 aromatic rings. The van der Waals surface area contributed by atoms with E-state index in [9.17, 15) is 9.59 Å². The molecule has 0 bridgehead atoms. The predicted molar refractivity (Wildman–Crippen MR) is 163 cm³/mol. The molecule has 1 unspecified atom stereocenters. The van der Waals surface area contributed by atoms with Crippen LogP contribution in [-0.4, -0.2) is 38.8 Å². The minimum Gasteiger partial charge on any atom is -0.487 e. The Morgan fingerprint density at radius 2 is 1.86 bits per heavy atom. The second kappa shape index (κ2) is 11.6. The molecule has 2 aliphatic rings. The van der Waals surface area contributed by atoms with Gasteiger partial charge in [0.25, 0.3) is 5.91 Å². The van der Waals surface area contributed by atoms with Crippen LogP contribution in [-0.2, 0) is 4.79 Å². The molecule has 3 heterocycles. The number of hydrogen-bond donors (Lipinski definition) is 3. The molecule has 0 aliphatic carbocycles. The molecule has 1 fully saturated rings. The number of hydrogen-bond acceptors (Lipinski definition) is 5. The lowest BCUT2D eigenvalue weighted by Gasteiger charge is -2.46. The molecule has 8 heteroatoms. The summed E-state index contributed by atoms with van der Waals surface area (Å²) >= 11 is 0. The highest BCUT2D eigenvalue weighted by atomic mass is 16.5. The first kappa shape index (κ1) is 29.3. The van der Waals surface area contributed by atoms with Gasteiger partial charge in [-0.05, 0) is 62.1 Å². The highest BCUT2D eigenvalue weighted by molar-refractivity contribution is 6.00. The van der Waals surface area contributed by atoms with Gasteiger partial charge in [-0.2, -0.15) is 0 Å². The number of amides is 2. The summed E-state index contributed by atoms with van der Waals surface area (Å²) in [7, 11) is 0. The van der Waals surface area contributed by atoms with E-state index < -0.39 is 17.2 Å². The molecule has 42 heavy (non-hydrogen) atoms. The van der Waals surface area contributed by atoms with Crippen LogP contribution < -0.4 is 15.4 Å². The lowest BCUT2D eigenvalue weighted by atomic mass is 9.83. The predicted octanol–water partition coefficient (Wildman–Crippen LogP) is 6.27. The first-order valence-electron chi connectivity index (χ1n) is 14.8. The zero-order valence-corrected chi connectivity index (χ0v) is 25.1. The van der Waals surface area contributed by atoms with E-state index in [0.717, 1.165) is 35.3 Å². The number of para-hydroxylation sites is 1. The molecule has 1 saturated heterocycles. The number of carbonyl (C=O) groups is 2. The Kier molecular flexibility index (Phi) is 8.08. The fourth-order valence-corrected chi connectivity index (χ4v) is 6.35. The van der Waals surface area contributed by atoms with Crippen molar-refractivity contribution in [2.24, 2.45) is 0 Å². The van der Waals surface area contributed by atoms with Crippen molar-refractivity contribution in [1.29, 1.82) is 5.41 Å². The number of aromatic nitrogens is 1. The third-order valence-corrected chi connectivity index (χ3v) is 8.87. The lowest BCUT2D eigenvalue weighted by Crippen LogP contribution is -2.62. The SMILES string of the molecule is CCC1(CC)CC(=O)N(C(c2cccc(C(=O)N[C@H]3CC(C)(C)Oc4ccccc43)c2)[C@H](C)c2cccnc2)C(=N)N1. The monoisotopic (exact) mass is 567 g/mol. The van der Waals surface area contributed by atoms with Crippen molar-refractivity contribution in [1.82, 2.24) is 20.5 Å². The molecule has 0 saturated carbocycles. The second-order valence-corrected chi connectivity index (χ2v) is 12.2. The summed E-state index contributed by atoms with van der Waals surface area (Å²) in [4.78, 5) is 33.4. The zero-order chi connectivity index (χ0) is 30.1. The van der Waals surface area contributed by atoms with E-state index in [4.69, 9.17) is 10.1 Å². The van der Waals surface area contributed by atoms with E-state index in [1.54, 1.807) is 23.4 Å². The number of carbonyl (C=O) groups excluding carboxylic acids is 2. The molecular formula is C34H41N5O3. The average Bonchev–Trinajstić information content (AvgIpc) is 2.98. The van der Waals surface area contributed by atoms with E-state index >= 15 is 0 Å². The topological polar surface area (TPSA) is 107 Å². The van der Waals surface area contributed by atoms with Crippen LogP contribution in [0.25, 0.3) is 0 Å². The van der Waals surface area contributed by atoms with E-state index in [1.165, 1.54) is 0 Å². The fourth-order valence-electron chi connectivity index (χ4n) is 6.35. The summed E-state index contributed by atoms with van der Waals surface area (Å²) in [6.45, 7) is 10.2. The Hall–Kier alpha value is -4.20. The van der Waals surface area contributed by atoms with E-state index in [2.05, 4.69) is 15.6 Å². The van der Waals surface area contributed by atoms with Gasteiger partial charge in [0.2, 0.25) is 5.91 Å². The van der Waals surface area contributed by atoms with Gasteiger partial charge in [-0.1, -0.05) is 57.2 Å². The molecule has 3 N–H and O–H groups in total. The number of guanidine groups is 1. The fraction of sp³-hybridized carbons (Fsp3) is 0.412. The lowest BCUT2D eigenvalue weighted by molar-refractivity contribution is -0.133. The summed E-state index contributed by atoms with van der Waals surface area (Å²) in [5.74, 6) is 0.381. The molecule has 2 aromatic carbocycles. The van der Waals surface area contributed by atoms with Gasteiger partial charge >= 0.3 is 0 Å². The van der Waals surface area contributed by atoms with Crippen LogP contribution in [0.5, 0.6) is 5.75 Å². The maximum absolute atomic E-state index is 13.8. The number of fused-ring (bicyclic) bond motifs is 1. The van der Waals surface area contributed by atoms with Crippen molar-refractivity contribution in [3.63, 3.8) is 0 Å². The third-order valence-electron chi connectivity index (χ3n) is 8.87. The number of rotatable bonds is 8. The van der Waals surface area contributed by atoms with Crippen molar-refractivity contribution >= 4 is 17.8 Å². The highest BCUT2D eigenvalue weighted by Crippen LogP contribution is 2.41. The van der Waals surface area contributed by atoms with Gasteiger partial charge in [0, 0.05) is 41.4 Å². The van der Waals surface area contributed by atoms with Gasteiger partial charge in [-0.3, -0.25) is 24.9 Å². The van der Waals surface area contributed by atoms with Crippen LogP contribution >= 0.6 is 0 Å². The minimum atomic E-state index is -0.510. The van der Waals surface area contributed by atoms with Crippen molar-refractivity contribution in [3.8, 4) is 5.75 Å². The van der Waals surface area contributed by atoms with Gasteiger partial charge in [0.15, 0.2) is 5.96 Å². The molecule has 2 amide bonds. The highest BCUT2D eigenvalue weighted by Gasteiger charge is 2.44. The maximum atomic E-state index is 13.8. The Morgan fingerprint density at radius 3 is 2.55 bits per heavy atom. The Bertz CT molecular complexity index is 1450. The molecule has 2 aliphatic heterocycles. The average molecular weight is 568 g/mol. The van der Waals surface area contributed by atoms with Crippen molar-refractivity contribution in [2.45, 2.75) is 89.4 Å². The van der Waals surface area contributed by atoms with Gasteiger partial charge < -0.3 is 15.4 Å². The molecule has 3 atom stereocenters. The summed E-state index contributed by atoms with van der Waals surface area (Å²) in [5.41, 5.74) is 2.33. The van der Waals surface area contributed by atoms with Crippen molar-refractivity contribution in [3.05, 3.63) is 95.3 Å². The minimum absolute atomic E-state index is 0.0894. The Morgan fingerprint density at radius 1 is 1.12 bits per heavy atom. The standard InChI is InChI=1S/C34H41N5O3/c1-6-34(7-2)20-29(40)39(32(35)38-34)30(22(3)25-14-11-17-36-21-25)23-12-10-13-24(18-23)31(41)37-27-19-33(4,5)42-28-16-9-8-15-26(27)28/h8-18,21-22,27,30H,6-7,19-20H2,1-5H3,(H2,35,38)(H,37,41)/t22-,27+,30?/m1/s1. The molecule has 0 radical (unpaired) electrons. The van der Waals surface area contributed by atoms with Crippen LogP contribution in [0.2, 0.25) is 0 Å². The smallest absolute Gasteiger partial charge is 0.251 e. The number of benzene rings is 2. The third kappa shape index (κ3) is 5.75. The molecule has 5 rings (SSSR count). The number of ether oxygens (including phenoxy) is 1. The normalized spacial score (nSPS) is 20.5. The summed E-state index contributed by atoms with van der Waals surface area (Å²) in [6.07, 6.45) is 5.95. The molecule has 220 valence electrons. The van der Waals surface area contributed by atoms with Crippen molar-refractivity contribution in [2.75, 3.05) is 0 Å². The van der Waals surface area contributed by atoms with Gasteiger partial charge in [-0.25, -0.2) is 0 Å². The van der Waals surface area contributed by atoms with Gasteiger partial charge in [-0.15, -0.1) is 0 Å².